The summed E-state index contributed by atoms with van der Waals surface area (Å²) in [4.78, 5) is 35.8. The maximum atomic E-state index is 12.5. The topological polar surface area (TPSA) is 114 Å². The average molecular weight is 428 g/mol. The first-order valence-electron chi connectivity index (χ1n) is 10.1. The van der Waals surface area contributed by atoms with E-state index in [1.54, 1.807) is 35.5 Å². The molecule has 2 atom stereocenters. The van der Waals surface area contributed by atoms with E-state index in [1.807, 2.05) is 34.6 Å². The van der Waals surface area contributed by atoms with E-state index in [4.69, 9.17) is 4.74 Å². The highest BCUT2D eigenvalue weighted by Gasteiger charge is 2.35. The number of hydrogen-bond acceptors (Lipinski definition) is 8. The number of anilines is 3. The van der Waals surface area contributed by atoms with Gasteiger partial charge in [-0.15, -0.1) is 0 Å². The van der Waals surface area contributed by atoms with Crippen molar-refractivity contribution in [1.82, 2.24) is 14.9 Å². The van der Waals surface area contributed by atoms with Gasteiger partial charge >= 0.3 is 11.8 Å². The van der Waals surface area contributed by atoms with Crippen LogP contribution in [0.3, 0.4) is 0 Å². The van der Waals surface area contributed by atoms with Crippen molar-refractivity contribution in [3.8, 4) is 0 Å². The molecule has 3 rings (SSSR count). The van der Waals surface area contributed by atoms with Crippen LogP contribution in [-0.2, 0) is 4.74 Å². The minimum Gasteiger partial charge on any atom is -0.444 e. The first-order valence-corrected chi connectivity index (χ1v) is 10.1. The molecule has 0 aromatic carbocycles. The lowest BCUT2D eigenvalue weighted by Gasteiger charge is -2.45. The molecule has 0 bridgehead atoms. The Bertz CT molecular complexity index is 935. The van der Waals surface area contributed by atoms with Crippen LogP contribution in [0.25, 0.3) is 0 Å². The summed E-state index contributed by atoms with van der Waals surface area (Å²) in [7, 11) is 0. The van der Waals surface area contributed by atoms with E-state index in [9.17, 15) is 14.9 Å². The van der Waals surface area contributed by atoms with E-state index in [0.717, 1.165) is 0 Å². The number of pyridine rings is 2. The van der Waals surface area contributed by atoms with Crippen molar-refractivity contribution in [2.24, 2.45) is 0 Å². The Hall–Kier alpha value is -3.43. The lowest BCUT2D eigenvalue weighted by molar-refractivity contribution is -0.384. The fourth-order valence-electron chi connectivity index (χ4n) is 3.65. The van der Waals surface area contributed by atoms with Crippen molar-refractivity contribution in [3.63, 3.8) is 0 Å². The number of amides is 1. The van der Waals surface area contributed by atoms with Gasteiger partial charge < -0.3 is 19.9 Å². The molecule has 1 N–H and O–H groups in total. The van der Waals surface area contributed by atoms with E-state index < -0.39 is 10.5 Å². The Labute approximate surface area is 181 Å². The van der Waals surface area contributed by atoms with Gasteiger partial charge in [-0.1, -0.05) is 0 Å². The van der Waals surface area contributed by atoms with Gasteiger partial charge in [0.25, 0.3) is 0 Å². The van der Waals surface area contributed by atoms with Crippen LogP contribution in [0.15, 0.2) is 36.7 Å². The van der Waals surface area contributed by atoms with Crippen LogP contribution in [0.2, 0.25) is 0 Å². The van der Waals surface area contributed by atoms with E-state index >= 15 is 0 Å². The molecule has 0 radical (unpaired) electrons. The molecule has 1 amide bonds. The highest BCUT2D eigenvalue weighted by Crippen LogP contribution is 2.31. The molecule has 10 nitrogen and oxygen atoms in total. The molecule has 0 saturated carbocycles. The van der Waals surface area contributed by atoms with Crippen molar-refractivity contribution in [2.75, 3.05) is 23.3 Å². The predicted molar refractivity (Wildman–Crippen MR) is 118 cm³/mol. The number of rotatable bonds is 4. The molecule has 1 aliphatic rings. The summed E-state index contributed by atoms with van der Waals surface area (Å²) in [6.45, 7) is 10.4. The van der Waals surface area contributed by atoms with Gasteiger partial charge in [0, 0.05) is 49.3 Å². The predicted octanol–water partition coefficient (Wildman–Crippen LogP) is 3.96. The van der Waals surface area contributed by atoms with Crippen LogP contribution in [0, 0.1) is 10.1 Å². The minimum atomic E-state index is -0.561. The number of hydrogen-bond donors (Lipinski definition) is 1. The van der Waals surface area contributed by atoms with Crippen LogP contribution in [-0.4, -0.2) is 56.7 Å². The van der Waals surface area contributed by atoms with Crippen molar-refractivity contribution in [3.05, 3.63) is 46.8 Å². The highest BCUT2D eigenvalue weighted by atomic mass is 16.6. The summed E-state index contributed by atoms with van der Waals surface area (Å²) in [5.74, 6) is 0.758. The fourth-order valence-corrected chi connectivity index (χ4v) is 3.65. The molecule has 1 fully saturated rings. The first kappa shape index (κ1) is 22.3. The largest absolute Gasteiger partial charge is 0.444 e. The minimum absolute atomic E-state index is 0.0565. The molecule has 1 saturated heterocycles. The second-order valence-corrected chi connectivity index (χ2v) is 8.65. The molecule has 1 aliphatic heterocycles. The number of carbonyl (C=O) groups excluding carboxylic acids is 1. The Morgan fingerprint density at radius 1 is 1.16 bits per heavy atom. The summed E-state index contributed by atoms with van der Waals surface area (Å²) in [5.41, 5.74) is -0.0272. The quantitative estimate of drug-likeness (QED) is 0.575. The Kier molecular flexibility index (Phi) is 6.28. The summed E-state index contributed by atoms with van der Waals surface area (Å²) >= 11 is 0. The second-order valence-electron chi connectivity index (χ2n) is 8.65. The Morgan fingerprint density at radius 2 is 1.77 bits per heavy atom. The number of nitro groups is 1. The van der Waals surface area contributed by atoms with Crippen LogP contribution in [0.1, 0.15) is 34.6 Å². The molecule has 2 aromatic heterocycles. The Morgan fingerprint density at radius 3 is 2.32 bits per heavy atom. The van der Waals surface area contributed by atoms with Crippen molar-refractivity contribution < 1.29 is 14.5 Å². The number of nitrogens with one attached hydrogen (secondary N) is 1. The highest BCUT2D eigenvalue weighted by molar-refractivity contribution is 5.70. The number of carbonyl (C=O) groups is 1. The number of aromatic nitrogens is 2. The zero-order chi connectivity index (χ0) is 22.8. The number of piperazine rings is 1. The third-order valence-corrected chi connectivity index (χ3v) is 4.83. The van der Waals surface area contributed by atoms with E-state index in [2.05, 4.69) is 20.2 Å². The normalized spacial score (nSPS) is 19.1. The maximum Gasteiger partial charge on any atom is 0.410 e. The van der Waals surface area contributed by atoms with Gasteiger partial charge in [-0.2, -0.15) is 0 Å². The molecular weight excluding hydrogens is 400 g/mol. The zero-order valence-corrected chi connectivity index (χ0v) is 18.4. The first-order chi connectivity index (χ1) is 14.5. The monoisotopic (exact) mass is 428 g/mol. The van der Waals surface area contributed by atoms with Gasteiger partial charge in [0.2, 0.25) is 5.82 Å². The smallest absolute Gasteiger partial charge is 0.410 e. The maximum absolute atomic E-state index is 12.5. The summed E-state index contributed by atoms with van der Waals surface area (Å²) in [6, 6.07) is 6.40. The number of ether oxygens (including phenoxy) is 1. The summed E-state index contributed by atoms with van der Waals surface area (Å²) in [6.07, 6.45) is 2.85. The van der Waals surface area contributed by atoms with Crippen molar-refractivity contribution in [2.45, 2.75) is 52.3 Å². The molecule has 166 valence electrons. The molecule has 0 aliphatic carbocycles. The third-order valence-electron chi connectivity index (χ3n) is 4.83. The van der Waals surface area contributed by atoms with Crippen LogP contribution < -0.4 is 10.2 Å². The lowest BCUT2D eigenvalue weighted by Crippen LogP contribution is -2.59. The summed E-state index contributed by atoms with van der Waals surface area (Å²) < 4.78 is 5.51. The van der Waals surface area contributed by atoms with Gasteiger partial charge in [0.05, 0.1) is 4.92 Å². The SMILES string of the molecule is C[C@@H]1CN(C(=O)OC(C)(C)C)C[C@@H](C)N1c1ccc([N+](=O)[O-])c(Nc2ccncc2)n1. The van der Waals surface area contributed by atoms with Crippen molar-refractivity contribution in [1.29, 1.82) is 0 Å². The van der Waals surface area contributed by atoms with Gasteiger partial charge in [-0.25, -0.2) is 9.78 Å². The van der Waals surface area contributed by atoms with Gasteiger partial charge in [0.1, 0.15) is 11.4 Å². The standard InChI is InChI=1S/C21H28N6O4/c1-14-12-25(20(28)31-21(3,4)5)13-15(2)26(14)18-7-6-17(27(29)30)19(24-18)23-16-8-10-22-11-9-16/h6-11,14-15H,12-13H2,1-5H3,(H,22,23,24)/t14-,15-/m1/s1. The van der Waals surface area contributed by atoms with E-state index in [-0.39, 0.29) is 29.7 Å². The molecule has 10 heteroatoms. The molecular formula is C21H28N6O4. The molecule has 3 heterocycles. The van der Waals surface area contributed by atoms with Gasteiger partial charge in [-0.05, 0) is 52.8 Å². The molecule has 31 heavy (non-hydrogen) atoms. The second kappa shape index (κ2) is 8.75. The van der Waals surface area contributed by atoms with Crippen molar-refractivity contribution >= 4 is 29.1 Å². The van der Waals surface area contributed by atoms with Gasteiger partial charge in [0.15, 0.2) is 0 Å². The molecule has 0 spiro atoms. The van der Waals surface area contributed by atoms with Crippen LogP contribution >= 0.6 is 0 Å². The molecule has 0 unspecified atom stereocenters. The third kappa shape index (κ3) is 5.39. The lowest BCUT2D eigenvalue weighted by atomic mass is 10.1. The van der Waals surface area contributed by atoms with E-state index in [0.29, 0.717) is 24.6 Å². The average Bonchev–Trinajstić information content (AvgIpc) is 2.67. The Balaban J connectivity index is 1.84. The van der Waals surface area contributed by atoms with Gasteiger partial charge in [-0.3, -0.25) is 15.1 Å². The fraction of sp³-hybridized carbons (Fsp3) is 0.476. The summed E-state index contributed by atoms with van der Waals surface area (Å²) in [5, 5.41) is 14.5. The zero-order valence-electron chi connectivity index (χ0n) is 18.4. The van der Waals surface area contributed by atoms with Crippen LogP contribution in [0.4, 0.5) is 27.8 Å². The number of nitrogens with zero attached hydrogens (tertiary/aromatic N) is 5. The van der Waals surface area contributed by atoms with E-state index in [1.165, 1.54) is 6.07 Å². The van der Waals surface area contributed by atoms with Crippen LogP contribution in [0.5, 0.6) is 0 Å². The molecule has 2 aromatic rings.